The van der Waals surface area contributed by atoms with Crippen molar-refractivity contribution in [2.45, 2.75) is 13.8 Å². The smallest absolute Gasteiger partial charge is 0.276 e. The van der Waals surface area contributed by atoms with Gasteiger partial charge in [-0.25, -0.2) is 0 Å². The molecular weight excluding hydrogens is 352 g/mol. The van der Waals surface area contributed by atoms with Gasteiger partial charge in [0.25, 0.3) is 11.6 Å². The number of rotatable bonds is 4. The van der Waals surface area contributed by atoms with Gasteiger partial charge >= 0.3 is 0 Å². The lowest BCUT2D eigenvalue weighted by molar-refractivity contribution is -0.385. The fraction of sp³-hybridized carbons (Fsp3) is 0.111. The van der Waals surface area contributed by atoms with Crippen molar-refractivity contribution in [2.75, 3.05) is 5.32 Å². The molecule has 0 saturated carbocycles. The summed E-state index contributed by atoms with van der Waals surface area (Å²) in [5.41, 5.74) is 8.27. The lowest BCUT2D eigenvalue weighted by Crippen LogP contribution is -2.43. The fourth-order valence-electron chi connectivity index (χ4n) is 2.16. The third kappa shape index (κ3) is 5.12. The first kappa shape index (κ1) is 19.1. The zero-order valence-corrected chi connectivity index (χ0v) is 15.1. The van der Waals surface area contributed by atoms with Crippen LogP contribution in [-0.2, 0) is 4.79 Å². The number of carbonyl (C=O) groups is 1. The summed E-state index contributed by atoms with van der Waals surface area (Å²) < 4.78 is 0. The standard InChI is InChI=1S/C18H18N4O3S/c1-12-6-5-8-15(13(12)2)19-18(26)21-20-17(23)11-10-14-7-3-4-9-16(14)22(24)25/h3-11H,1-2H3,(H,20,23)(H2,19,21,26)/b11-10+. The number of para-hydroxylation sites is 1. The number of carbonyl (C=O) groups excluding carboxylic acids is 1. The molecule has 7 nitrogen and oxygen atoms in total. The van der Waals surface area contributed by atoms with Gasteiger partial charge < -0.3 is 5.32 Å². The zero-order chi connectivity index (χ0) is 19.1. The summed E-state index contributed by atoms with van der Waals surface area (Å²) in [4.78, 5) is 22.3. The molecular formula is C18H18N4O3S. The zero-order valence-electron chi connectivity index (χ0n) is 14.3. The van der Waals surface area contributed by atoms with Crippen molar-refractivity contribution in [3.63, 3.8) is 0 Å². The van der Waals surface area contributed by atoms with Crippen molar-refractivity contribution in [3.05, 3.63) is 75.3 Å². The lowest BCUT2D eigenvalue weighted by atomic mass is 10.1. The van der Waals surface area contributed by atoms with Crippen LogP contribution >= 0.6 is 12.2 Å². The lowest BCUT2D eigenvalue weighted by Gasteiger charge is -2.13. The van der Waals surface area contributed by atoms with E-state index in [0.29, 0.717) is 5.56 Å². The van der Waals surface area contributed by atoms with Gasteiger partial charge in [-0.15, -0.1) is 0 Å². The molecule has 0 aliphatic heterocycles. The van der Waals surface area contributed by atoms with Crippen LogP contribution in [0.25, 0.3) is 6.08 Å². The molecule has 0 unspecified atom stereocenters. The maximum Gasteiger partial charge on any atom is 0.276 e. The number of amides is 1. The average molecular weight is 370 g/mol. The van der Waals surface area contributed by atoms with Gasteiger partial charge in [0.05, 0.1) is 10.5 Å². The first-order valence-corrected chi connectivity index (χ1v) is 8.14. The normalized spacial score (nSPS) is 10.4. The molecule has 0 fully saturated rings. The molecule has 2 aromatic rings. The molecule has 0 aliphatic carbocycles. The quantitative estimate of drug-likeness (QED) is 0.331. The summed E-state index contributed by atoms with van der Waals surface area (Å²) in [5.74, 6) is -0.492. The van der Waals surface area contributed by atoms with E-state index in [4.69, 9.17) is 12.2 Å². The molecule has 1 amide bonds. The van der Waals surface area contributed by atoms with E-state index >= 15 is 0 Å². The van der Waals surface area contributed by atoms with E-state index < -0.39 is 10.8 Å². The number of nitro groups is 1. The maximum atomic E-state index is 11.9. The molecule has 8 heteroatoms. The predicted molar refractivity (Wildman–Crippen MR) is 106 cm³/mol. The molecule has 0 spiro atoms. The van der Waals surface area contributed by atoms with Crippen LogP contribution in [0.2, 0.25) is 0 Å². The predicted octanol–water partition coefficient (Wildman–Crippen LogP) is 3.24. The second-order valence-electron chi connectivity index (χ2n) is 5.47. The van der Waals surface area contributed by atoms with Crippen LogP contribution in [0.1, 0.15) is 16.7 Å². The van der Waals surface area contributed by atoms with Crippen LogP contribution in [0.4, 0.5) is 11.4 Å². The van der Waals surface area contributed by atoms with Gasteiger partial charge in [0.15, 0.2) is 5.11 Å². The minimum absolute atomic E-state index is 0.0726. The molecule has 0 saturated heterocycles. The molecule has 0 aromatic heterocycles. The topological polar surface area (TPSA) is 96.3 Å². The van der Waals surface area contributed by atoms with Crippen LogP contribution in [0.15, 0.2) is 48.5 Å². The summed E-state index contributed by atoms with van der Waals surface area (Å²) in [5, 5.41) is 14.2. The van der Waals surface area contributed by atoms with E-state index in [1.807, 2.05) is 32.0 Å². The van der Waals surface area contributed by atoms with Gasteiger partial charge in [0, 0.05) is 17.8 Å². The van der Waals surface area contributed by atoms with Crippen molar-refractivity contribution < 1.29 is 9.72 Å². The highest BCUT2D eigenvalue weighted by atomic mass is 32.1. The number of hydrogen-bond donors (Lipinski definition) is 3. The largest absolute Gasteiger partial charge is 0.331 e. The number of hydrogen-bond acceptors (Lipinski definition) is 4. The van der Waals surface area contributed by atoms with Crippen molar-refractivity contribution in [1.82, 2.24) is 10.9 Å². The monoisotopic (exact) mass is 370 g/mol. The van der Waals surface area contributed by atoms with Crippen LogP contribution in [-0.4, -0.2) is 15.9 Å². The molecule has 0 atom stereocenters. The highest BCUT2D eigenvalue weighted by Crippen LogP contribution is 2.19. The van der Waals surface area contributed by atoms with Crippen molar-refractivity contribution >= 4 is 40.7 Å². The van der Waals surface area contributed by atoms with E-state index in [1.165, 1.54) is 18.2 Å². The Kier molecular flexibility index (Phi) is 6.40. The Balaban J connectivity index is 1.91. The Morgan fingerprint density at radius 2 is 1.85 bits per heavy atom. The first-order valence-electron chi connectivity index (χ1n) is 7.73. The van der Waals surface area contributed by atoms with Crippen LogP contribution in [0.5, 0.6) is 0 Å². The second kappa shape index (κ2) is 8.72. The van der Waals surface area contributed by atoms with Gasteiger partial charge in [0.1, 0.15) is 0 Å². The molecule has 0 radical (unpaired) electrons. The Morgan fingerprint density at radius 1 is 1.12 bits per heavy atom. The summed E-state index contributed by atoms with van der Waals surface area (Å²) in [6.07, 6.45) is 2.56. The Bertz CT molecular complexity index is 880. The van der Waals surface area contributed by atoms with Crippen LogP contribution in [0.3, 0.4) is 0 Å². The third-order valence-electron chi connectivity index (χ3n) is 3.70. The molecule has 0 heterocycles. The first-order chi connectivity index (χ1) is 12.4. The maximum absolute atomic E-state index is 11.9. The van der Waals surface area contributed by atoms with Gasteiger partial charge in [-0.1, -0.05) is 24.3 Å². The number of nitrogens with zero attached hydrogens (tertiary/aromatic N) is 1. The van der Waals surface area contributed by atoms with Gasteiger partial charge in [-0.05, 0) is 55.4 Å². The summed E-state index contributed by atoms with van der Waals surface area (Å²) in [6, 6.07) is 11.9. The Hall–Kier alpha value is -3.26. The SMILES string of the molecule is Cc1cccc(NC(=S)NNC(=O)/C=C/c2ccccc2[N+](=O)[O-])c1C. The number of hydrazine groups is 1. The Morgan fingerprint density at radius 3 is 2.58 bits per heavy atom. The molecule has 3 N–H and O–H groups in total. The van der Waals surface area contributed by atoms with E-state index in [-0.39, 0.29) is 10.8 Å². The number of aryl methyl sites for hydroxylation is 1. The molecule has 0 bridgehead atoms. The highest BCUT2D eigenvalue weighted by molar-refractivity contribution is 7.80. The molecule has 26 heavy (non-hydrogen) atoms. The fourth-order valence-corrected chi connectivity index (χ4v) is 2.32. The van der Waals surface area contributed by atoms with Gasteiger partial charge in [0.2, 0.25) is 0 Å². The second-order valence-corrected chi connectivity index (χ2v) is 5.87. The van der Waals surface area contributed by atoms with Crippen molar-refractivity contribution in [2.24, 2.45) is 0 Å². The van der Waals surface area contributed by atoms with Gasteiger partial charge in [-0.2, -0.15) is 0 Å². The van der Waals surface area contributed by atoms with Crippen molar-refractivity contribution in [1.29, 1.82) is 0 Å². The average Bonchev–Trinajstić information content (AvgIpc) is 2.62. The van der Waals surface area contributed by atoms with Crippen molar-refractivity contribution in [3.8, 4) is 0 Å². The van der Waals surface area contributed by atoms with Crippen LogP contribution in [0, 0.1) is 24.0 Å². The summed E-state index contributed by atoms with van der Waals surface area (Å²) in [7, 11) is 0. The molecule has 2 rings (SSSR count). The van der Waals surface area contributed by atoms with E-state index in [0.717, 1.165) is 16.8 Å². The van der Waals surface area contributed by atoms with E-state index in [2.05, 4.69) is 16.2 Å². The third-order valence-corrected chi connectivity index (χ3v) is 3.90. The highest BCUT2D eigenvalue weighted by Gasteiger charge is 2.10. The minimum atomic E-state index is -0.501. The Labute approximate surface area is 156 Å². The number of benzene rings is 2. The number of anilines is 1. The number of thiocarbonyl (C=S) groups is 1. The van der Waals surface area contributed by atoms with Gasteiger partial charge in [-0.3, -0.25) is 25.8 Å². The summed E-state index contributed by atoms with van der Waals surface area (Å²) >= 11 is 5.14. The molecule has 0 aliphatic rings. The number of nitro benzene ring substituents is 1. The van der Waals surface area contributed by atoms with E-state index in [1.54, 1.807) is 18.2 Å². The van der Waals surface area contributed by atoms with E-state index in [9.17, 15) is 14.9 Å². The number of nitrogens with one attached hydrogen (secondary N) is 3. The minimum Gasteiger partial charge on any atom is -0.331 e. The van der Waals surface area contributed by atoms with Crippen LogP contribution < -0.4 is 16.2 Å². The summed E-state index contributed by atoms with van der Waals surface area (Å²) in [6.45, 7) is 3.96. The molecule has 2 aromatic carbocycles. The molecule has 134 valence electrons.